The lowest BCUT2D eigenvalue weighted by Gasteiger charge is -2.35. The molecule has 1 aromatic rings. The van der Waals surface area contributed by atoms with Gasteiger partial charge in [-0.2, -0.15) is 0 Å². The van der Waals surface area contributed by atoms with Gasteiger partial charge < -0.3 is 10.2 Å². The Kier molecular flexibility index (Phi) is 3.82. The minimum atomic E-state index is -0.767. The van der Waals surface area contributed by atoms with E-state index >= 15 is 0 Å². The van der Waals surface area contributed by atoms with Crippen LogP contribution in [0, 0.1) is 15.9 Å². The number of nitro groups is 1. The van der Waals surface area contributed by atoms with Crippen molar-refractivity contribution >= 4 is 11.6 Å². The fourth-order valence-electron chi connectivity index (χ4n) is 3.52. The summed E-state index contributed by atoms with van der Waals surface area (Å²) in [6, 6.07) is 3.97. The summed E-state index contributed by atoms with van der Waals surface area (Å²) in [7, 11) is 1.69. The number of rotatable bonds is 3. The Morgan fingerprint density at radius 3 is 2.55 bits per heavy atom. The van der Waals surface area contributed by atoms with Gasteiger partial charge in [0.2, 0.25) is 0 Å². The zero-order valence-corrected chi connectivity index (χ0v) is 12.3. The van der Waals surface area contributed by atoms with Gasteiger partial charge in [0.05, 0.1) is 11.0 Å². The molecule has 2 aliphatic rings. The van der Waals surface area contributed by atoms with Crippen LogP contribution in [0.1, 0.15) is 36.0 Å². The number of hydrogen-bond acceptors (Lipinski definition) is 4. The van der Waals surface area contributed by atoms with Crippen LogP contribution in [-0.4, -0.2) is 40.9 Å². The molecule has 2 heterocycles. The maximum atomic E-state index is 13.5. The largest absolute Gasteiger partial charge is 0.339 e. The van der Waals surface area contributed by atoms with E-state index < -0.39 is 16.4 Å². The Bertz CT molecular complexity index is 610. The van der Waals surface area contributed by atoms with Crippen molar-refractivity contribution in [1.29, 1.82) is 0 Å². The smallest absolute Gasteiger partial charge is 0.273 e. The molecule has 118 valence electrons. The van der Waals surface area contributed by atoms with E-state index in [0.717, 1.165) is 43.9 Å². The molecule has 1 N–H and O–H groups in total. The molecule has 2 fully saturated rings. The van der Waals surface area contributed by atoms with Gasteiger partial charge in [-0.1, -0.05) is 0 Å². The Labute approximate surface area is 127 Å². The van der Waals surface area contributed by atoms with E-state index in [2.05, 4.69) is 5.32 Å². The van der Waals surface area contributed by atoms with E-state index in [1.165, 1.54) is 0 Å². The van der Waals surface area contributed by atoms with E-state index in [4.69, 9.17) is 0 Å². The van der Waals surface area contributed by atoms with E-state index in [0.29, 0.717) is 12.1 Å². The summed E-state index contributed by atoms with van der Waals surface area (Å²) in [5.41, 5.74) is -0.373. The number of piperidine rings is 1. The normalized spacial score (nSPS) is 26.7. The lowest BCUT2D eigenvalue weighted by Crippen LogP contribution is -2.48. The second-order valence-corrected chi connectivity index (χ2v) is 6.13. The minimum Gasteiger partial charge on any atom is -0.339 e. The average molecular weight is 307 g/mol. The van der Waals surface area contributed by atoms with Crippen LogP contribution in [0.3, 0.4) is 0 Å². The van der Waals surface area contributed by atoms with Gasteiger partial charge in [0.15, 0.2) is 0 Å². The highest BCUT2D eigenvalue weighted by molar-refractivity contribution is 5.95. The van der Waals surface area contributed by atoms with Crippen molar-refractivity contribution in [3.63, 3.8) is 0 Å². The molecule has 6 nitrogen and oxygen atoms in total. The summed E-state index contributed by atoms with van der Waals surface area (Å²) < 4.78 is 13.5. The van der Waals surface area contributed by atoms with Gasteiger partial charge in [0.1, 0.15) is 5.82 Å². The third-order valence-corrected chi connectivity index (χ3v) is 4.66. The number of amides is 1. The summed E-state index contributed by atoms with van der Waals surface area (Å²) in [6.07, 6.45) is 3.98. The van der Waals surface area contributed by atoms with Crippen LogP contribution in [0.5, 0.6) is 0 Å². The van der Waals surface area contributed by atoms with Gasteiger partial charge in [-0.15, -0.1) is 0 Å². The third kappa shape index (κ3) is 2.81. The molecule has 0 aromatic heterocycles. The fraction of sp³-hybridized carbons (Fsp3) is 0.533. The van der Waals surface area contributed by atoms with Crippen molar-refractivity contribution in [2.75, 3.05) is 7.05 Å². The van der Waals surface area contributed by atoms with Crippen LogP contribution >= 0.6 is 0 Å². The molecule has 0 radical (unpaired) electrons. The Hall–Kier alpha value is -2.02. The molecule has 7 heteroatoms. The van der Waals surface area contributed by atoms with Crippen molar-refractivity contribution < 1.29 is 14.1 Å². The third-order valence-electron chi connectivity index (χ3n) is 4.66. The standard InChI is InChI=1S/C15H18FN3O3/c1-18(13-7-11-2-3-12(8-13)17-11)15(20)9-4-10(16)6-14(5-9)19(21)22/h4-6,11-13,17H,2-3,7-8H2,1H3. The number of nitro benzene ring substituents is 1. The van der Waals surface area contributed by atoms with Crippen molar-refractivity contribution in [2.45, 2.75) is 43.8 Å². The Morgan fingerprint density at radius 1 is 1.32 bits per heavy atom. The number of halogens is 1. The lowest BCUT2D eigenvalue weighted by molar-refractivity contribution is -0.385. The molecule has 2 aliphatic heterocycles. The van der Waals surface area contributed by atoms with Gasteiger partial charge in [0, 0.05) is 36.8 Å². The lowest BCUT2D eigenvalue weighted by atomic mass is 9.98. The Morgan fingerprint density at radius 2 is 1.95 bits per heavy atom. The zero-order chi connectivity index (χ0) is 15.9. The first-order chi connectivity index (χ1) is 10.4. The molecule has 0 aliphatic carbocycles. The highest BCUT2D eigenvalue weighted by Crippen LogP contribution is 2.30. The monoisotopic (exact) mass is 307 g/mol. The molecular weight excluding hydrogens is 289 g/mol. The highest BCUT2D eigenvalue weighted by atomic mass is 19.1. The van der Waals surface area contributed by atoms with Gasteiger partial charge in [0.25, 0.3) is 11.6 Å². The van der Waals surface area contributed by atoms with Crippen molar-refractivity contribution in [2.24, 2.45) is 0 Å². The topological polar surface area (TPSA) is 75.5 Å². The van der Waals surface area contributed by atoms with Gasteiger partial charge in [-0.3, -0.25) is 14.9 Å². The fourth-order valence-corrected chi connectivity index (χ4v) is 3.52. The van der Waals surface area contributed by atoms with Crippen LogP contribution in [0.2, 0.25) is 0 Å². The van der Waals surface area contributed by atoms with E-state index in [1.54, 1.807) is 11.9 Å². The first-order valence-corrected chi connectivity index (χ1v) is 7.42. The van der Waals surface area contributed by atoms with E-state index in [-0.39, 0.29) is 17.5 Å². The predicted octanol–water partition coefficient (Wildman–Crippen LogP) is 2.09. The number of nitrogens with zero attached hydrogens (tertiary/aromatic N) is 2. The van der Waals surface area contributed by atoms with Crippen LogP contribution in [-0.2, 0) is 0 Å². The highest BCUT2D eigenvalue weighted by Gasteiger charge is 2.36. The van der Waals surface area contributed by atoms with Crippen molar-refractivity contribution in [1.82, 2.24) is 10.2 Å². The first-order valence-electron chi connectivity index (χ1n) is 7.42. The molecule has 1 amide bonds. The molecule has 0 saturated carbocycles. The number of hydrogen-bond donors (Lipinski definition) is 1. The molecular formula is C15H18FN3O3. The molecule has 2 atom stereocenters. The summed E-state index contributed by atoms with van der Waals surface area (Å²) in [6.45, 7) is 0. The SMILES string of the molecule is CN(C(=O)c1cc(F)cc([N+](=O)[O-])c1)C1CC2CCC(C1)N2. The van der Waals surface area contributed by atoms with Gasteiger partial charge in [-0.25, -0.2) is 4.39 Å². The number of benzene rings is 1. The van der Waals surface area contributed by atoms with Crippen molar-refractivity contribution in [3.05, 3.63) is 39.7 Å². The quantitative estimate of drug-likeness (QED) is 0.685. The maximum absolute atomic E-state index is 13.5. The molecule has 2 saturated heterocycles. The van der Waals surface area contributed by atoms with Crippen LogP contribution in [0.15, 0.2) is 18.2 Å². The molecule has 3 rings (SSSR count). The second kappa shape index (κ2) is 5.64. The van der Waals surface area contributed by atoms with Crippen LogP contribution in [0.25, 0.3) is 0 Å². The Balaban J connectivity index is 1.79. The average Bonchev–Trinajstić information content (AvgIpc) is 2.83. The summed E-state index contributed by atoms with van der Waals surface area (Å²) in [5, 5.41) is 14.3. The molecule has 2 bridgehead atoms. The number of non-ortho nitro benzene ring substituents is 1. The van der Waals surface area contributed by atoms with Gasteiger partial charge in [-0.05, 0) is 31.7 Å². The number of carbonyl (C=O) groups is 1. The van der Waals surface area contributed by atoms with E-state index in [9.17, 15) is 19.3 Å². The molecule has 1 aromatic carbocycles. The minimum absolute atomic E-state index is 0.0279. The molecule has 22 heavy (non-hydrogen) atoms. The maximum Gasteiger partial charge on any atom is 0.273 e. The van der Waals surface area contributed by atoms with Crippen LogP contribution < -0.4 is 5.32 Å². The van der Waals surface area contributed by atoms with E-state index in [1.807, 2.05) is 0 Å². The summed E-state index contributed by atoms with van der Waals surface area (Å²) in [4.78, 5) is 24.2. The molecule has 0 spiro atoms. The summed E-state index contributed by atoms with van der Waals surface area (Å²) in [5.74, 6) is -1.13. The second-order valence-electron chi connectivity index (χ2n) is 6.13. The van der Waals surface area contributed by atoms with Crippen molar-refractivity contribution in [3.8, 4) is 0 Å². The van der Waals surface area contributed by atoms with Gasteiger partial charge >= 0.3 is 0 Å². The number of carbonyl (C=O) groups excluding carboxylic acids is 1. The van der Waals surface area contributed by atoms with Crippen LogP contribution in [0.4, 0.5) is 10.1 Å². The number of fused-ring (bicyclic) bond motifs is 2. The first kappa shape index (κ1) is 14.9. The predicted molar refractivity (Wildman–Crippen MR) is 78.1 cm³/mol. The number of nitrogens with one attached hydrogen (secondary N) is 1. The molecule has 2 unspecified atom stereocenters. The zero-order valence-electron chi connectivity index (χ0n) is 12.3. The summed E-state index contributed by atoms with van der Waals surface area (Å²) >= 11 is 0.